The second kappa shape index (κ2) is 6.48. The summed E-state index contributed by atoms with van der Waals surface area (Å²) in [5.74, 6) is 0.696. The quantitative estimate of drug-likeness (QED) is 0.845. The Morgan fingerprint density at radius 3 is 2.56 bits per heavy atom. The van der Waals surface area contributed by atoms with E-state index in [1.807, 2.05) is 18.0 Å². The van der Waals surface area contributed by atoms with Crippen LogP contribution in [0.1, 0.15) is 5.69 Å². The molecule has 1 fully saturated rings. The molecule has 1 aliphatic rings. The summed E-state index contributed by atoms with van der Waals surface area (Å²) in [6, 6.07) is 2.55. The molecule has 16 heavy (non-hydrogen) atoms. The van der Waals surface area contributed by atoms with Crippen molar-refractivity contribution in [3.8, 4) is 6.07 Å². The Labute approximate surface area is 107 Å². The monoisotopic (exact) mass is 261 g/mol. The Morgan fingerprint density at radius 2 is 2.00 bits per heavy atom. The molecule has 0 unspecified atom stereocenters. The molecule has 0 radical (unpaired) electrons. The third-order valence-electron chi connectivity index (χ3n) is 2.37. The Bertz CT molecular complexity index is 372. The highest BCUT2D eigenvalue weighted by atomic mass is 35.5. The van der Waals surface area contributed by atoms with Crippen LogP contribution < -0.4 is 10.2 Å². The third kappa shape index (κ3) is 2.73. The van der Waals surface area contributed by atoms with E-state index in [9.17, 15) is 0 Å². The molecule has 0 saturated carbocycles. The average Bonchev–Trinajstić information content (AvgIpc) is 2.17. The van der Waals surface area contributed by atoms with E-state index in [1.54, 1.807) is 6.20 Å². The molecule has 1 N–H and O–H groups in total. The van der Waals surface area contributed by atoms with Crippen LogP contribution in [-0.2, 0) is 0 Å². The predicted molar refractivity (Wildman–Crippen MR) is 66.3 cm³/mol. The van der Waals surface area contributed by atoms with E-state index in [4.69, 9.17) is 5.26 Å². The molecule has 5 nitrogen and oxygen atoms in total. The highest BCUT2D eigenvalue weighted by Gasteiger charge is 2.28. The normalized spacial score (nSPS) is 14.1. The minimum atomic E-state index is 0. The van der Waals surface area contributed by atoms with Gasteiger partial charge in [0.25, 0.3) is 0 Å². The third-order valence-corrected chi connectivity index (χ3v) is 2.37. The number of likely N-dealkylation sites (N-methyl/N-ethyl adjacent to an activating group) is 1. The lowest BCUT2D eigenvalue weighted by molar-refractivity contribution is 0.446. The number of hydrogen-bond donors (Lipinski definition) is 1. The molecule has 0 aromatic carbocycles. The average molecular weight is 262 g/mol. The number of nitrogens with one attached hydrogen (secondary N) is 1. The van der Waals surface area contributed by atoms with Gasteiger partial charge in [-0.05, 0) is 7.05 Å². The molecule has 1 aromatic heterocycles. The molecule has 88 valence electrons. The first-order valence-electron chi connectivity index (χ1n) is 4.48. The van der Waals surface area contributed by atoms with E-state index in [0.717, 1.165) is 13.1 Å². The molecule has 1 aliphatic heterocycles. The van der Waals surface area contributed by atoms with E-state index in [0.29, 0.717) is 17.6 Å². The van der Waals surface area contributed by atoms with E-state index >= 15 is 0 Å². The lowest BCUT2D eigenvalue weighted by atomic mass is 10.1. The minimum Gasteiger partial charge on any atom is -0.351 e. The number of rotatable bonds is 2. The summed E-state index contributed by atoms with van der Waals surface area (Å²) in [7, 11) is 1.93. The lowest BCUT2D eigenvalue weighted by Gasteiger charge is -2.39. The van der Waals surface area contributed by atoms with Crippen molar-refractivity contribution >= 4 is 30.6 Å². The van der Waals surface area contributed by atoms with E-state index in [2.05, 4.69) is 15.3 Å². The van der Waals surface area contributed by atoms with Crippen molar-refractivity contribution in [2.24, 2.45) is 0 Å². The Kier molecular flexibility index (Phi) is 6.04. The minimum absolute atomic E-state index is 0. The molecule has 1 saturated heterocycles. The molecular weight excluding hydrogens is 249 g/mol. The van der Waals surface area contributed by atoms with Crippen LogP contribution in [0, 0.1) is 11.3 Å². The lowest BCUT2D eigenvalue weighted by Crippen LogP contribution is -2.57. The molecule has 7 heteroatoms. The van der Waals surface area contributed by atoms with Gasteiger partial charge in [-0.25, -0.2) is 9.97 Å². The van der Waals surface area contributed by atoms with Crippen LogP contribution >= 0.6 is 24.8 Å². The van der Waals surface area contributed by atoms with Gasteiger partial charge >= 0.3 is 0 Å². The van der Waals surface area contributed by atoms with E-state index in [-0.39, 0.29) is 24.8 Å². The van der Waals surface area contributed by atoms with Crippen LogP contribution in [0.2, 0.25) is 0 Å². The van der Waals surface area contributed by atoms with Gasteiger partial charge in [0, 0.05) is 31.5 Å². The zero-order chi connectivity index (χ0) is 9.97. The van der Waals surface area contributed by atoms with Crippen LogP contribution in [0.15, 0.2) is 12.4 Å². The van der Waals surface area contributed by atoms with Gasteiger partial charge in [-0.3, -0.25) is 0 Å². The highest BCUT2D eigenvalue weighted by Crippen LogP contribution is 2.19. The summed E-state index contributed by atoms with van der Waals surface area (Å²) in [6.45, 7) is 1.79. The van der Waals surface area contributed by atoms with Crippen molar-refractivity contribution in [2.45, 2.75) is 6.04 Å². The number of nitriles is 1. The highest BCUT2D eigenvalue weighted by molar-refractivity contribution is 5.85. The largest absolute Gasteiger partial charge is 0.351 e. The van der Waals surface area contributed by atoms with Crippen LogP contribution in [0.3, 0.4) is 0 Å². The zero-order valence-corrected chi connectivity index (χ0v) is 10.4. The second-order valence-corrected chi connectivity index (χ2v) is 3.23. The maximum Gasteiger partial charge on any atom is 0.183 e. The molecule has 0 aliphatic carbocycles. The van der Waals surface area contributed by atoms with Crippen molar-refractivity contribution in [3.63, 3.8) is 0 Å². The van der Waals surface area contributed by atoms with Gasteiger partial charge in [-0.2, -0.15) is 5.26 Å². The van der Waals surface area contributed by atoms with Crippen LogP contribution in [0.25, 0.3) is 0 Å². The summed E-state index contributed by atoms with van der Waals surface area (Å²) < 4.78 is 0. The van der Waals surface area contributed by atoms with Gasteiger partial charge < -0.3 is 10.2 Å². The van der Waals surface area contributed by atoms with Gasteiger partial charge in [0.05, 0.1) is 0 Å². The summed E-state index contributed by atoms with van der Waals surface area (Å²) in [4.78, 5) is 10.2. The molecule has 0 amide bonds. The second-order valence-electron chi connectivity index (χ2n) is 3.23. The number of halogens is 2. The van der Waals surface area contributed by atoms with Gasteiger partial charge in [0.15, 0.2) is 11.5 Å². The summed E-state index contributed by atoms with van der Waals surface area (Å²) in [5.41, 5.74) is 0.405. The van der Waals surface area contributed by atoms with E-state index < -0.39 is 0 Å². The first-order chi connectivity index (χ1) is 6.85. The van der Waals surface area contributed by atoms with Crippen molar-refractivity contribution in [3.05, 3.63) is 18.1 Å². The van der Waals surface area contributed by atoms with Gasteiger partial charge in [-0.1, -0.05) is 0 Å². The van der Waals surface area contributed by atoms with Gasteiger partial charge in [-0.15, -0.1) is 24.8 Å². The molecule has 2 heterocycles. The molecule has 2 rings (SSSR count). The SMILES string of the molecule is CNC1CN(c2nccnc2C#N)C1.Cl.Cl. The van der Waals surface area contributed by atoms with Gasteiger partial charge in [0.2, 0.25) is 0 Å². The summed E-state index contributed by atoms with van der Waals surface area (Å²) >= 11 is 0. The topological polar surface area (TPSA) is 64.8 Å². The Morgan fingerprint density at radius 1 is 1.38 bits per heavy atom. The molecule has 0 spiro atoms. The van der Waals surface area contributed by atoms with E-state index in [1.165, 1.54) is 6.20 Å². The molecule has 0 bridgehead atoms. The van der Waals surface area contributed by atoms with Crippen molar-refractivity contribution in [2.75, 3.05) is 25.0 Å². The molecule has 1 aromatic rings. The maximum atomic E-state index is 8.82. The Hall–Kier alpha value is -1.09. The number of hydrogen-bond acceptors (Lipinski definition) is 5. The first kappa shape index (κ1) is 14.9. The van der Waals surface area contributed by atoms with Crippen molar-refractivity contribution in [1.29, 1.82) is 5.26 Å². The van der Waals surface area contributed by atoms with Crippen LogP contribution in [-0.4, -0.2) is 36.1 Å². The van der Waals surface area contributed by atoms with Crippen molar-refractivity contribution < 1.29 is 0 Å². The maximum absolute atomic E-state index is 8.82. The van der Waals surface area contributed by atoms with Gasteiger partial charge in [0.1, 0.15) is 6.07 Å². The zero-order valence-electron chi connectivity index (χ0n) is 8.75. The predicted octanol–water partition coefficient (Wildman–Crippen LogP) is 0.600. The number of aromatic nitrogens is 2. The summed E-state index contributed by atoms with van der Waals surface area (Å²) in [5, 5.41) is 12.0. The standard InChI is InChI=1S/C9H11N5.2ClH/c1-11-7-5-14(6-7)9-8(4-10)12-2-3-13-9;;/h2-3,7,11H,5-6H2,1H3;2*1H. The smallest absolute Gasteiger partial charge is 0.183 e. The molecular formula is C9H13Cl2N5. The fourth-order valence-corrected chi connectivity index (χ4v) is 1.48. The fourth-order valence-electron chi connectivity index (χ4n) is 1.48. The van der Waals surface area contributed by atoms with Crippen LogP contribution in [0.4, 0.5) is 5.82 Å². The number of nitrogens with zero attached hydrogens (tertiary/aromatic N) is 4. The number of anilines is 1. The Balaban J connectivity index is 0.00000112. The fraction of sp³-hybridized carbons (Fsp3) is 0.444. The summed E-state index contributed by atoms with van der Waals surface area (Å²) in [6.07, 6.45) is 3.15. The van der Waals surface area contributed by atoms with Crippen molar-refractivity contribution in [1.82, 2.24) is 15.3 Å². The van der Waals surface area contributed by atoms with Crippen LogP contribution in [0.5, 0.6) is 0 Å². The first-order valence-corrected chi connectivity index (χ1v) is 4.48. The molecule has 0 atom stereocenters.